The lowest BCUT2D eigenvalue weighted by Gasteiger charge is -2.26. The first kappa shape index (κ1) is 14.4. The van der Waals surface area contributed by atoms with Crippen LogP contribution in [0.15, 0.2) is 0 Å². The predicted molar refractivity (Wildman–Crippen MR) is 54.2 cm³/mol. The van der Waals surface area contributed by atoms with Crippen LogP contribution >= 0.6 is 0 Å². The van der Waals surface area contributed by atoms with E-state index in [2.05, 4.69) is 0 Å². The molecule has 7 heteroatoms. The SMILES string of the molecule is CO[Si](CCCN(C)C(=O)[O-])(OC)OC. The molecule has 0 aliphatic rings. The Balaban J connectivity index is 3.96. The molecule has 90 valence electrons. The zero-order valence-corrected chi connectivity index (χ0v) is 10.6. The predicted octanol–water partition coefficient (Wildman–Crippen LogP) is -0.470. The van der Waals surface area contributed by atoms with Crippen LogP contribution < -0.4 is 5.11 Å². The van der Waals surface area contributed by atoms with Gasteiger partial charge in [-0.2, -0.15) is 0 Å². The smallest absolute Gasteiger partial charge is 0.500 e. The minimum absolute atomic E-state index is 0.382. The van der Waals surface area contributed by atoms with Gasteiger partial charge < -0.3 is 28.1 Å². The fourth-order valence-electron chi connectivity index (χ4n) is 1.18. The Bertz CT molecular complexity index is 189. The van der Waals surface area contributed by atoms with Crippen molar-refractivity contribution in [1.29, 1.82) is 0 Å². The minimum Gasteiger partial charge on any atom is -0.530 e. The highest BCUT2D eigenvalue weighted by Gasteiger charge is 2.36. The molecule has 0 heterocycles. The molecule has 0 saturated heterocycles. The fraction of sp³-hybridized carbons (Fsp3) is 0.875. The monoisotopic (exact) mass is 236 g/mol. The quantitative estimate of drug-likeness (QED) is 0.559. The average Bonchev–Trinajstić information content (AvgIpc) is 2.24. The molecule has 0 saturated carbocycles. The molecule has 0 radical (unpaired) electrons. The van der Waals surface area contributed by atoms with E-state index in [1.165, 1.54) is 28.4 Å². The van der Waals surface area contributed by atoms with E-state index in [9.17, 15) is 9.90 Å². The van der Waals surface area contributed by atoms with Crippen molar-refractivity contribution in [2.24, 2.45) is 0 Å². The summed E-state index contributed by atoms with van der Waals surface area (Å²) < 4.78 is 15.6. The van der Waals surface area contributed by atoms with E-state index >= 15 is 0 Å². The molecule has 0 atom stereocenters. The summed E-state index contributed by atoms with van der Waals surface area (Å²) in [4.78, 5) is 11.5. The largest absolute Gasteiger partial charge is 0.530 e. The summed E-state index contributed by atoms with van der Waals surface area (Å²) in [5.41, 5.74) is 0. The molecule has 0 aromatic rings. The van der Waals surface area contributed by atoms with E-state index in [0.29, 0.717) is 19.0 Å². The van der Waals surface area contributed by atoms with E-state index in [1.54, 1.807) is 0 Å². The molecule has 0 aromatic carbocycles. The molecule has 0 aliphatic carbocycles. The zero-order valence-electron chi connectivity index (χ0n) is 9.61. The second-order valence-electron chi connectivity index (χ2n) is 3.09. The van der Waals surface area contributed by atoms with Gasteiger partial charge in [-0.05, 0) is 6.42 Å². The maximum absolute atomic E-state index is 10.4. The normalized spacial score (nSPS) is 11.5. The summed E-state index contributed by atoms with van der Waals surface area (Å²) in [6.07, 6.45) is -0.568. The molecule has 0 aromatic heterocycles. The highest BCUT2D eigenvalue weighted by atomic mass is 28.4. The van der Waals surface area contributed by atoms with E-state index in [4.69, 9.17) is 13.3 Å². The van der Waals surface area contributed by atoms with Crippen molar-refractivity contribution >= 4 is 14.9 Å². The fourth-order valence-corrected chi connectivity index (χ4v) is 2.88. The van der Waals surface area contributed by atoms with Crippen LogP contribution in [-0.4, -0.2) is 54.7 Å². The van der Waals surface area contributed by atoms with Crippen LogP contribution in [0.4, 0.5) is 4.79 Å². The molecule has 0 rings (SSSR count). The van der Waals surface area contributed by atoms with Crippen LogP contribution in [0.1, 0.15) is 6.42 Å². The number of rotatable bonds is 7. The number of amides is 1. The maximum atomic E-state index is 10.4. The first-order valence-electron chi connectivity index (χ1n) is 4.59. The second kappa shape index (κ2) is 6.78. The molecular formula is C8H18NO5Si-. The van der Waals surface area contributed by atoms with Crippen molar-refractivity contribution in [2.45, 2.75) is 12.5 Å². The number of hydrogen-bond donors (Lipinski definition) is 0. The molecule has 1 amide bonds. The van der Waals surface area contributed by atoms with Gasteiger partial charge in [0.05, 0.1) is 0 Å². The first-order chi connectivity index (χ1) is 7.01. The summed E-state index contributed by atoms with van der Waals surface area (Å²) in [6, 6.07) is 0.578. The third-order valence-corrected chi connectivity index (χ3v) is 5.05. The number of carbonyl (C=O) groups is 1. The van der Waals surface area contributed by atoms with Gasteiger partial charge in [-0.3, -0.25) is 0 Å². The summed E-state index contributed by atoms with van der Waals surface area (Å²) in [5.74, 6) is 0. The summed E-state index contributed by atoms with van der Waals surface area (Å²) in [5, 5.41) is 10.4. The molecule has 0 spiro atoms. The van der Waals surface area contributed by atoms with Crippen LogP contribution in [-0.2, 0) is 13.3 Å². The maximum Gasteiger partial charge on any atom is 0.500 e. The van der Waals surface area contributed by atoms with Crippen molar-refractivity contribution in [3.05, 3.63) is 0 Å². The van der Waals surface area contributed by atoms with Gasteiger partial charge in [0.1, 0.15) is 6.09 Å². The van der Waals surface area contributed by atoms with Crippen LogP contribution in [0.3, 0.4) is 0 Å². The van der Waals surface area contributed by atoms with E-state index in [1.807, 2.05) is 0 Å². The Hall–Kier alpha value is -0.633. The highest BCUT2D eigenvalue weighted by molar-refractivity contribution is 6.60. The van der Waals surface area contributed by atoms with Gasteiger partial charge in [-0.15, -0.1) is 0 Å². The molecule has 0 N–H and O–H groups in total. The summed E-state index contributed by atoms with van der Waals surface area (Å²) >= 11 is 0. The van der Waals surface area contributed by atoms with Gasteiger partial charge in [0.2, 0.25) is 0 Å². The van der Waals surface area contributed by atoms with Gasteiger partial charge in [-0.1, -0.05) is 0 Å². The van der Waals surface area contributed by atoms with Gasteiger partial charge in [0.15, 0.2) is 0 Å². The Kier molecular flexibility index (Phi) is 6.49. The molecule has 0 fully saturated rings. The molecule has 0 bridgehead atoms. The van der Waals surface area contributed by atoms with Crippen LogP contribution in [0.25, 0.3) is 0 Å². The van der Waals surface area contributed by atoms with Crippen molar-refractivity contribution in [1.82, 2.24) is 4.90 Å². The minimum atomic E-state index is -2.56. The molecule has 0 unspecified atom stereocenters. The second-order valence-corrected chi connectivity index (χ2v) is 6.18. The number of carboxylic acid groups (broad SMARTS) is 1. The lowest BCUT2D eigenvalue weighted by Crippen LogP contribution is -2.44. The number of nitrogens with zero attached hydrogens (tertiary/aromatic N) is 1. The average molecular weight is 236 g/mol. The highest BCUT2D eigenvalue weighted by Crippen LogP contribution is 2.14. The molecule has 15 heavy (non-hydrogen) atoms. The zero-order chi connectivity index (χ0) is 11.9. The third kappa shape index (κ3) is 4.60. The van der Waals surface area contributed by atoms with Crippen molar-refractivity contribution in [3.8, 4) is 0 Å². The van der Waals surface area contributed by atoms with Crippen molar-refractivity contribution in [3.63, 3.8) is 0 Å². The Morgan fingerprint density at radius 3 is 2.07 bits per heavy atom. The lowest BCUT2D eigenvalue weighted by molar-refractivity contribution is -0.264. The van der Waals surface area contributed by atoms with Crippen LogP contribution in [0, 0.1) is 0 Å². The van der Waals surface area contributed by atoms with E-state index < -0.39 is 14.9 Å². The third-order valence-electron chi connectivity index (χ3n) is 2.22. The number of carbonyl (C=O) groups excluding carboxylic acids is 1. The Morgan fingerprint density at radius 1 is 1.27 bits per heavy atom. The molecule has 0 aliphatic heterocycles. The van der Waals surface area contributed by atoms with E-state index in [-0.39, 0.29) is 0 Å². The lowest BCUT2D eigenvalue weighted by atomic mass is 10.4. The number of hydrogen-bond acceptors (Lipinski definition) is 5. The van der Waals surface area contributed by atoms with Gasteiger partial charge >= 0.3 is 8.80 Å². The van der Waals surface area contributed by atoms with Crippen molar-refractivity contribution in [2.75, 3.05) is 34.9 Å². The summed E-state index contributed by atoms with van der Waals surface area (Å²) in [7, 11) is 3.49. The first-order valence-corrected chi connectivity index (χ1v) is 6.52. The topological polar surface area (TPSA) is 71.1 Å². The van der Waals surface area contributed by atoms with Gasteiger partial charge in [0, 0.05) is 41.0 Å². The van der Waals surface area contributed by atoms with Gasteiger partial charge in [0.25, 0.3) is 0 Å². The van der Waals surface area contributed by atoms with Crippen LogP contribution in [0.5, 0.6) is 0 Å². The summed E-state index contributed by atoms with van der Waals surface area (Å²) in [6.45, 7) is 0.382. The Morgan fingerprint density at radius 2 is 1.73 bits per heavy atom. The van der Waals surface area contributed by atoms with Crippen LogP contribution in [0.2, 0.25) is 6.04 Å². The molecular weight excluding hydrogens is 218 g/mol. The Labute approximate surface area is 91.1 Å². The molecule has 6 nitrogen and oxygen atoms in total. The van der Waals surface area contributed by atoms with E-state index in [0.717, 1.165) is 4.90 Å². The van der Waals surface area contributed by atoms with Crippen molar-refractivity contribution < 1.29 is 23.2 Å². The standard InChI is InChI=1S/C8H19NO5Si/c1-9(8(10)11)6-5-7-15(12-2,13-3)14-4/h5-7H2,1-4H3,(H,10,11)/p-1. The van der Waals surface area contributed by atoms with Gasteiger partial charge in [-0.25, -0.2) is 0 Å².